The van der Waals surface area contributed by atoms with Crippen molar-refractivity contribution in [1.29, 1.82) is 0 Å². The Balaban J connectivity index is 2.52. The molecule has 0 N–H and O–H groups in total. The van der Waals surface area contributed by atoms with Gasteiger partial charge in [-0.15, -0.1) is 0 Å². The van der Waals surface area contributed by atoms with Gasteiger partial charge in [0.15, 0.2) is 0 Å². The van der Waals surface area contributed by atoms with Gasteiger partial charge in [-0.3, -0.25) is 0 Å². The minimum atomic E-state index is -0.569. The van der Waals surface area contributed by atoms with E-state index in [0.717, 1.165) is 0 Å². The number of fused-ring (bicyclic) bond motifs is 1. The average Bonchev–Trinajstić information content (AvgIpc) is 2.68. The largest absolute Gasteiger partial charge is 0.487 e. The Labute approximate surface area is 149 Å². The van der Waals surface area contributed by atoms with E-state index in [1.165, 1.54) is 6.08 Å². The van der Waals surface area contributed by atoms with Crippen LogP contribution < -0.4 is 4.74 Å². The van der Waals surface area contributed by atoms with Gasteiger partial charge in [0, 0.05) is 22.2 Å². The van der Waals surface area contributed by atoms with Crippen molar-refractivity contribution in [2.45, 2.75) is 13.8 Å². The van der Waals surface area contributed by atoms with E-state index in [4.69, 9.17) is 37.4 Å². The summed E-state index contributed by atoms with van der Waals surface area (Å²) in [6.07, 6.45) is 2.76. The highest BCUT2D eigenvalue weighted by atomic mass is 35.5. The first-order valence-electron chi connectivity index (χ1n) is 7.34. The average molecular weight is 371 g/mol. The number of benzene rings is 1. The minimum Gasteiger partial charge on any atom is -0.487 e. The third-order valence-corrected chi connectivity index (χ3v) is 3.63. The van der Waals surface area contributed by atoms with Gasteiger partial charge in [-0.1, -0.05) is 23.2 Å². The van der Waals surface area contributed by atoms with Crippen LogP contribution in [0.25, 0.3) is 6.08 Å². The maximum Gasteiger partial charge on any atom is 0.338 e. The molecule has 1 aromatic carbocycles. The molecule has 2 rings (SSSR count). The molecule has 0 amide bonds. The molecule has 0 bridgehead atoms. The lowest BCUT2D eigenvalue weighted by molar-refractivity contribution is -0.138. The molecule has 1 aromatic rings. The first kappa shape index (κ1) is 18.4. The zero-order chi connectivity index (χ0) is 17.7. The summed E-state index contributed by atoms with van der Waals surface area (Å²) in [5.41, 5.74) is 1.07. The van der Waals surface area contributed by atoms with Crippen molar-refractivity contribution in [2.24, 2.45) is 0 Å². The lowest BCUT2D eigenvalue weighted by Crippen LogP contribution is -2.14. The summed E-state index contributed by atoms with van der Waals surface area (Å²) in [5.74, 6) is -0.753. The predicted octanol–water partition coefficient (Wildman–Crippen LogP) is 3.82. The van der Waals surface area contributed by atoms with Gasteiger partial charge >= 0.3 is 11.9 Å². The third kappa shape index (κ3) is 4.30. The van der Waals surface area contributed by atoms with Crippen LogP contribution in [0.5, 0.6) is 5.75 Å². The van der Waals surface area contributed by atoms with Gasteiger partial charge in [0.25, 0.3) is 0 Å². The van der Waals surface area contributed by atoms with Gasteiger partial charge < -0.3 is 14.2 Å². The number of carbonyl (C=O) groups is 2. The minimum absolute atomic E-state index is 0.0299. The van der Waals surface area contributed by atoms with Crippen LogP contribution in [-0.4, -0.2) is 31.8 Å². The highest BCUT2D eigenvalue weighted by Gasteiger charge is 2.23. The van der Waals surface area contributed by atoms with Crippen molar-refractivity contribution >= 4 is 41.2 Å². The second-order valence-electron chi connectivity index (χ2n) is 4.79. The molecule has 0 radical (unpaired) electrons. The summed E-state index contributed by atoms with van der Waals surface area (Å²) >= 11 is 12.2. The molecule has 128 valence electrons. The first-order valence-corrected chi connectivity index (χ1v) is 8.10. The summed E-state index contributed by atoms with van der Waals surface area (Å²) < 4.78 is 15.6. The molecule has 24 heavy (non-hydrogen) atoms. The normalized spacial score (nSPS) is 15.0. The number of hydrogen-bond acceptors (Lipinski definition) is 5. The van der Waals surface area contributed by atoms with Crippen molar-refractivity contribution in [3.63, 3.8) is 0 Å². The Morgan fingerprint density at radius 2 is 1.92 bits per heavy atom. The van der Waals surface area contributed by atoms with Crippen molar-refractivity contribution in [3.05, 3.63) is 45.0 Å². The fourth-order valence-electron chi connectivity index (χ4n) is 2.16. The molecule has 0 aliphatic carbocycles. The number of halogens is 2. The lowest BCUT2D eigenvalue weighted by Gasteiger charge is -2.10. The number of carbonyl (C=O) groups excluding carboxylic acids is 2. The third-order valence-electron chi connectivity index (χ3n) is 3.13. The molecule has 0 saturated heterocycles. The second kappa shape index (κ2) is 8.22. The molecule has 5 nitrogen and oxygen atoms in total. The first-order chi connectivity index (χ1) is 11.5. The van der Waals surface area contributed by atoms with Gasteiger partial charge in [0.2, 0.25) is 0 Å². The molecule has 0 fully saturated rings. The van der Waals surface area contributed by atoms with Crippen molar-refractivity contribution < 1.29 is 23.8 Å². The summed E-state index contributed by atoms with van der Waals surface area (Å²) in [6.45, 7) is 3.79. The van der Waals surface area contributed by atoms with E-state index in [0.29, 0.717) is 26.9 Å². The highest BCUT2D eigenvalue weighted by Crippen LogP contribution is 2.37. The molecule has 1 heterocycles. The predicted molar refractivity (Wildman–Crippen MR) is 91.3 cm³/mol. The smallest absolute Gasteiger partial charge is 0.338 e. The number of hydrogen-bond donors (Lipinski definition) is 0. The van der Waals surface area contributed by atoms with Crippen molar-refractivity contribution in [2.75, 3.05) is 19.8 Å². The second-order valence-corrected chi connectivity index (χ2v) is 5.64. The summed E-state index contributed by atoms with van der Waals surface area (Å²) in [6, 6.07) is 3.16. The summed E-state index contributed by atoms with van der Waals surface area (Å²) in [4.78, 5) is 24.0. The molecule has 1 aliphatic rings. The van der Waals surface area contributed by atoms with Crippen LogP contribution in [0.4, 0.5) is 0 Å². The monoisotopic (exact) mass is 370 g/mol. The molecule has 7 heteroatoms. The van der Waals surface area contributed by atoms with E-state index in [9.17, 15) is 9.59 Å². The Morgan fingerprint density at radius 3 is 2.58 bits per heavy atom. The van der Waals surface area contributed by atoms with Gasteiger partial charge in [0.1, 0.15) is 12.4 Å². The van der Waals surface area contributed by atoms with Crippen LogP contribution in [0.1, 0.15) is 19.4 Å². The lowest BCUT2D eigenvalue weighted by atomic mass is 10.0. The molecule has 1 aliphatic heterocycles. The van der Waals surface area contributed by atoms with Crippen LogP contribution >= 0.6 is 23.2 Å². The fraction of sp³-hybridized carbons (Fsp3) is 0.294. The van der Waals surface area contributed by atoms with E-state index < -0.39 is 11.9 Å². The van der Waals surface area contributed by atoms with Crippen LogP contribution in [0.15, 0.2) is 29.4 Å². The molecular weight excluding hydrogens is 355 g/mol. The zero-order valence-corrected chi connectivity index (χ0v) is 14.7. The van der Waals surface area contributed by atoms with Crippen LogP contribution in [0.3, 0.4) is 0 Å². The van der Waals surface area contributed by atoms with Gasteiger partial charge in [-0.25, -0.2) is 9.59 Å². The molecule has 0 saturated carbocycles. The summed E-state index contributed by atoms with van der Waals surface area (Å²) in [5, 5.41) is 0.717. The van der Waals surface area contributed by atoms with E-state index in [1.54, 1.807) is 32.1 Å². The molecule has 0 aromatic heterocycles. The Morgan fingerprint density at radius 1 is 1.21 bits per heavy atom. The van der Waals surface area contributed by atoms with Crippen molar-refractivity contribution in [3.8, 4) is 5.75 Å². The molecule has 0 unspecified atom stereocenters. The Hall–Kier alpha value is -1.98. The van der Waals surface area contributed by atoms with Gasteiger partial charge in [-0.05, 0) is 32.1 Å². The molecule has 0 atom stereocenters. The van der Waals surface area contributed by atoms with E-state index in [1.807, 2.05) is 0 Å². The SMILES string of the molecule is CCOC(=O)/C=C1\COc2c(Cl)cc(Cl)cc2C=C1C(=O)OCC. The standard InChI is InChI=1S/C17H16Cl2O5/c1-3-22-15(20)7-11-9-24-16-10(5-12(18)8-14(16)19)6-13(11)17(21)23-4-2/h5-8H,3-4,9H2,1-2H3/b11-7+. The maximum atomic E-state index is 12.3. The van der Waals surface area contributed by atoms with E-state index in [-0.39, 0.29) is 25.4 Å². The Kier molecular flexibility index (Phi) is 6.29. The number of ether oxygens (including phenoxy) is 3. The van der Waals surface area contributed by atoms with Crippen LogP contribution in [0, 0.1) is 0 Å². The van der Waals surface area contributed by atoms with E-state index in [2.05, 4.69) is 0 Å². The number of esters is 2. The highest BCUT2D eigenvalue weighted by molar-refractivity contribution is 6.36. The van der Waals surface area contributed by atoms with Crippen LogP contribution in [0.2, 0.25) is 10.0 Å². The van der Waals surface area contributed by atoms with Gasteiger partial charge in [0.05, 0.1) is 23.8 Å². The summed E-state index contributed by atoms with van der Waals surface area (Å²) in [7, 11) is 0. The molecule has 0 spiro atoms. The van der Waals surface area contributed by atoms with Gasteiger partial charge in [-0.2, -0.15) is 0 Å². The van der Waals surface area contributed by atoms with Crippen LogP contribution in [-0.2, 0) is 19.1 Å². The fourth-order valence-corrected chi connectivity index (χ4v) is 2.72. The zero-order valence-electron chi connectivity index (χ0n) is 13.2. The van der Waals surface area contributed by atoms with E-state index >= 15 is 0 Å². The van der Waals surface area contributed by atoms with Crippen molar-refractivity contribution in [1.82, 2.24) is 0 Å². The Bertz CT molecular complexity index is 722. The quantitative estimate of drug-likeness (QED) is 0.595. The topological polar surface area (TPSA) is 61.8 Å². The number of rotatable bonds is 4. The maximum absolute atomic E-state index is 12.3. The molecular formula is C17H16Cl2O5.